The minimum Gasteiger partial charge on any atom is -0.449 e. The number of hydrogen-bond donors (Lipinski definition) is 0. The third kappa shape index (κ3) is 2.18. The Labute approximate surface area is 105 Å². The quantitative estimate of drug-likeness (QED) is 0.747. The number of nitriles is 1. The van der Waals surface area contributed by atoms with Crippen molar-refractivity contribution in [1.29, 1.82) is 5.26 Å². The van der Waals surface area contributed by atoms with Crippen LogP contribution in [0.15, 0.2) is 24.3 Å². The van der Waals surface area contributed by atoms with Crippen molar-refractivity contribution in [3.8, 4) is 6.07 Å². The molecule has 1 aromatic carbocycles. The number of anilines is 1. The fourth-order valence-electron chi connectivity index (χ4n) is 1.85. The van der Waals surface area contributed by atoms with Crippen molar-refractivity contribution in [2.24, 2.45) is 0 Å². The van der Waals surface area contributed by atoms with Crippen molar-refractivity contribution in [1.82, 2.24) is 0 Å². The molecule has 18 heavy (non-hydrogen) atoms. The molecule has 0 saturated carbocycles. The van der Waals surface area contributed by atoms with Gasteiger partial charge in [0.1, 0.15) is 6.04 Å². The Hall–Kier alpha value is -2.35. The Morgan fingerprint density at radius 1 is 1.44 bits per heavy atom. The third-order valence-electron chi connectivity index (χ3n) is 2.83. The van der Waals surface area contributed by atoms with Gasteiger partial charge in [-0.1, -0.05) is 0 Å². The van der Waals surface area contributed by atoms with E-state index in [4.69, 9.17) is 10.00 Å². The second kappa shape index (κ2) is 4.88. The molecule has 1 fully saturated rings. The summed E-state index contributed by atoms with van der Waals surface area (Å²) in [6.45, 7) is 1.74. The van der Waals surface area contributed by atoms with Crippen LogP contribution < -0.4 is 4.90 Å². The van der Waals surface area contributed by atoms with Crippen LogP contribution in [0.1, 0.15) is 23.7 Å². The topological polar surface area (TPSA) is 70.4 Å². The number of ether oxygens (including phenoxy) is 1. The van der Waals surface area contributed by atoms with Crippen LogP contribution >= 0.6 is 0 Å². The lowest BCUT2D eigenvalue weighted by Crippen LogP contribution is -2.45. The van der Waals surface area contributed by atoms with Gasteiger partial charge in [0, 0.05) is 17.7 Å². The summed E-state index contributed by atoms with van der Waals surface area (Å²) in [7, 11) is 0. The van der Waals surface area contributed by atoms with Gasteiger partial charge >= 0.3 is 6.09 Å². The molecule has 1 unspecified atom stereocenters. The first-order chi connectivity index (χ1) is 8.63. The van der Waals surface area contributed by atoms with E-state index >= 15 is 0 Å². The van der Waals surface area contributed by atoms with E-state index in [-0.39, 0.29) is 12.4 Å². The number of carbonyl (C=O) groups is 2. The third-order valence-corrected chi connectivity index (χ3v) is 2.83. The highest BCUT2D eigenvalue weighted by Crippen LogP contribution is 2.23. The normalized spacial score (nSPS) is 19.0. The molecule has 0 N–H and O–H groups in total. The lowest BCUT2D eigenvalue weighted by Gasteiger charge is -2.30. The van der Waals surface area contributed by atoms with Crippen molar-refractivity contribution in [3.05, 3.63) is 29.8 Å². The van der Waals surface area contributed by atoms with Gasteiger partial charge in [-0.05, 0) is 31.2 Å². The molecule has 1 saturated heterocycles. The van der Waals surface area contributed by atoms with Crippen LogP contribution in [0.4, 0.5) is 10.5 Å². The second-order valence-electron chi connectivity index (χ2n) is 4.02. The first kappa shape index (κ1) is 12.1. The summed E-state index contributed by atoms with van der Waals surface area (Å²) in [6, 6.07) is 8.12. The molecule has 2 rings (SSSR count). The van der Waals surface area contributed by atoms with Crippen molar-refractivity contribution in [2.75, 3.05) is 11.5 Å². The van der Waals surface area contributed by atoms with Crippen LogP contribution in [0, 0.1) is 11.3 Å². The molecule has 0 aromatic heterocycles. The minimum absolute atomic E-state index is 0.0420. The Kier molecular flexibility index (Phi) is 3.28. The first-order valence-corrected chi connectivity index (χ1v) is 5.60. The van der Waals surface area contributed by atoms with Gasteiger partial charge in [0.25, 0.3) is 0 Å². The molecule has 1 aliphatic rings. The fraction of sp³-hybridized carbons (Fsp3) is 0.308. The molecular weight excluding hydrogens is 232 g/mol. The largest absolute Gasteiger partial charge is 0.449 e. The summed E-state index contributed by atoms with van der Waals surface area (Å²) in [5.41, 5.74) is 1.13. The van der Waals surface area contributed by atoms with Gasteiger partial charge in [-0.25, -0.2) is 4.79 Å². The Bertz CT molecular complexity index is 516. The average molecular weight is 244 g/mol. The van der Waals surface area contributed by atoms with Crippen LogP contribution in [-0.2, 0) is 4.74 Å². The van der Waals surface area contributed by atoms with Crippen LogP contribution in [-0.4, -0.2) is 24.5 Å². The Morgan fingerprint density at radius 2 is 2.11 bits per heavy atom. The fourth-order valence-corrected chi connectivity index (χ4v) is 1.85. The molecule has 1 heterocycles. The molecule has 0 aliphatic carbocycles. The number of rotatable bonds is 2. The summed E-state index contributed by atoms with van der Waals surface area (Å²) < 4.78 is 4.92. The first-order valence-electron chi connectivity index (χ1n) is 5.60. The van der Waals surface area contributed by atoms with Gasteiger partial charge in [0.05, 0.1) is 12.7 Å². The van der Waals surface area contributed by atoms with Gasteiger partial charge < -0.3 is 4.74 Å². The molecule has 92 valence electrons. The summed E-state index contributed by atoms with van der Waals surface area (Å²) in [5, 5.41) is 9.03. The summed E-state index contributed by atoms with van der Waals surface area (Å²) >= 11 is 0. The van der Waals surface area contributed by atoms with Crippen LogP contribution in [0.5, 0.6) is 0 Å². The van der Waals surface area contributed by atoms with Gasteiger partial charge in [-0.3, -0.25) is 9.69 Å². The zero-order valence-electron chi connectivity index (χ0n) is 9.92. The van der Waals surface area contributed by atoms with E-state index in [9.17, 15) is 9.59 Å². The number of amides is 1. The lowest BCUT2D eigenvalue weighted by molar-refractivity contribution is 0.101. The van der Waals surface area contributed by atoms with Crippen molar-refractivity contribution in [2.45, 2.75) is 19.4 Å². The van der Waals surface area contributed by atoms with Gasteiger partial charge in [-0.2, -0.15) is 5.26 Å². The lowest BCUT2D eigenvalue weighted by atomic mass is 10.1. The van der Waals surface area contributed by atoms with Gasteiger partial charge in [-0.15, -0.1) is 0 Å². The van der Waals surface area contributed by atoms with Gasteiger partial charge in [0.2, 0.25) is 0 Å². The highest BCUT2D eigenvalue weighted by atomic mass is 16.6. The number of hydrogen-bond acceptors (Lipinski definition) is 4. The summed E-state index contributed by atoms with van der Waals surface area (Å²) in [5.74, 6) is -0.0420. The number of ketones is 1. The Balaban J connectivity index is 2.31. The van der Waals surface area contributed by atoms with Crippen molar-refractivity contribution in [3.63, 3.8) is 0 Å². The molecular formula is C13H12N2O3. The molecule has 1 aromatic rings. The van der Waals surface area contributed by atoms with Crippen LogP contribution in [0.2, 0.25) is 0 Å². The molecule has 1 amide bonds. The molecule has 0 spiro atoms. The molecule has 1 aliphatic heterocycles. The zero-order chi connectivity index (χ0) is 13.1. The number of cyclic esters (lactones) is 1. The van der Waals surface area contributed by atoms with Gasteiger partial charge in [0.15, 0.2) is 5.78 Å². The molecule has 0 radical (unpaired) electrons. The van der Waals surface area contributed by atoms with E-state index in [1.165, 1.54) is 11.8 Å². The van der Waals surface area contributed by atoms with E-state index in [0.717, 1.165) is 0 Å². The number of Topliss-reactive ketones (excluding diaryl/α,β-unsaturated/α-hetero) is 1. The maximum atomic E-state index is 11.7. The van der Waals surface area contributed by atoms with E-state index in [1.54, 1.807) is 24.3 Å². The molecule has 5 heteroatoms. The maximum Gasteiger partial charge on any atom is 0.415 e. The van der Waals surface area contributed by atoms with E-state index in [2.05, 4.69) is 6.07 Å². The smallest absolute Gasteiger partial charge is 0.415 e. The minimum atomic E-state index is -0.525. The summed E-state index contributed by atoms with van der Waals surface area (Å²) in [6.07, 6.45) is -0.0418. The van der Waals surface area contributed by atoms with Crippen LogP contribution in [0.3, 0.4) is 0 Å². The van der Waals surface area contributed by atoms with Crippen molar-refractivity contribution >= 4 is 17.6 Å². The highest BCUT2D eigenvalue weighted by Gasteiger charge is 2.30. The SMILES string of the molecule is CC(=O)c1ccc(N2C(=O)OCCC2C#N)cc1. The monoisotopic (exact) mass is 244 g/mol. The predicted octanol–water partition coefficient (Wildman–Crippen LogP) is 2.13. The number of nitrogens with zero attached hydrogens (tertiary/aromatic N) is 2. The second-order valence-corrected chi connectivity index (χ2v) is 4.02. The standard InChI is InChI=1S/C13H12N2O3/c1-9(16)10-2-4-11(5-3-10)15-12(8-14)6-7-18-13(15)17/h2-5,12H,6-7H2,1H3. The molecule has 0 bridgehead atoms. The maximum absolute atomic E-state index is 11.7. The van der Waals surface area contributed by atoms with Crippen LogP contribution in [0.25, 0.3) is 0 Å². The highest BCUT2D eigenvalue weighted by molar-refractivity contribution is 5.95. The molecule has 5 nitrogen and oxygen atoms in total. The zero-order valence-corrected chi connectivity index (χ0v) is 9.92. The Morgan fingerprint density at radius 3 is 2.67 bits per heavy atom. The van der Waals surface area contributed by atoms with E-state index in [0.29, 0.717) is 17.7 Å². The average Bonchev–Trinajstić information content (AvgIpc) is 2.38. The molecule has 1 atom stereocenters. The predicted molar refractivity (Wildman–Crippen MR) is 64.3 cm³/mol. The van der Waals surface area contributed by atoms with Crippen molar-refractivity contribution < 1.29 is 14.3 Å². The number of carbonyl (C=O) groups excluding carboxylic acids is 2. The van der Waals surface area contributed by atoms with E-state index in [1.807, 2.05) is 0 Å². The summed E-state index contributed by atoms with van der Waals surface area (Å²) in [4.78, 5) is 24.1. The number of benzene rings is 1. The van der Waals surface area contributed by atoms with E-state index < -0.39 is 12.1 Å².